The number of carboxylic acid groups (broad SMARTS) is 1. The molecule has 0 atom stereocenters. The first-order chi connectivity index (χ1) is 8.31. The van der Waals surface area contributed by atoms with E-state index in [-0.39, 0.29) is 4.90 Å². The molecule has 0 aromatic heterocycles. The lowest BCUT2D eigenvalue weighted by molar-refractivity contribution is -0.142. The minimum Gasteiger partial charge on any atom is -0.481 e. The number of rotatable bonds is 5. The van der Waals surface area contributed by atoms with Gasteiger partial charge < -0.3 is 9.29 Å². The third kappa shape index (κ3) is 4.17. The van der Waals surface area contributed by atoms with E-state index in [1.165, 1.54) is 12.1 Å². The van der Waals surface area contributed by atoms with Gasteiger partial charge in [0.1, 0.15) is 4.90 Å². The first kappa shape index (κ1) is 14.2. The summed E-state index contributed by atoms with van der Waals surface area (Å²) in [7, 11) is -4.17. The van der Waals surface area contributed by atoms with Gasteiger partial charge in [0, 0.05) is 0 Å². The second kappa shape index (κ2) is 5.63. The van der Waals surface area contributed by atoms with Crippen LogP contribution in [0.3, 0.4) is 0 Å². The first-order valence-electron chi connectivity index (χ1n) is 5.07. The fourth-order valence-corrected chi connectivity index (χ4v) is 2.02. The molecule has 0 saturated carbocycles. The molecule has 18 heavy (non-hydrogen) atoms. The third-order valence-electron chi connectivity index (χ3n) is 2.06. The van der Waals surface area contributed by atoms with Crippen LogP contribution in [0.4, 0.5) is 0 Å². The van der Waals surface area contributed by atoms with E-state index in [0.717, 1.165) is 5.56 Å². The normalized spacial score (nSPS) is 10.9. The van der Waals surface area contributed by atoms with Crippen LogP contribution in [-0.2, 0) is 23.9 Å². The maximum atomic E-state index is 11.6. The van der Waals surface area contributed by atoms with Gasteiger partial charge in [-0.15, -0.1) is 0 Å². The van der Waals surface area contributed by atoms with E-state index in [1.54, 1.807) is 19.1 Å². The molecule has 0 spiro atoms. The molecule has 0 bridgehead atoms. The average Bonchev–Trinajstić information content (AvgIpc) is 2.26. The van der Waals surface area contributed by atoms with Crippen LogP contribution in [-0.4, -0.2) is 25.5 Å². The molecule has 1 aromatic rings. The highest BCUT2D eigenvalue weighted by Crippen LogP contribution is 2.14. The van der Waals surface area contributed by atoms with E-state index in [9.17, 15) is 18.0 Å². The zero-order valence-corrected chi connectivity index (χ0v) is 10.4. The van der Waals surface area contributed by atoms with Gasteiger partial charge in [0.15, 0.2) is 0 Å². The maximum absolute atomic E-state index is 11.6. The van der Waals surface area contributed by atoms with Gasteiger partial charge in [-0.05, 0) is 19.1 Å². The van der Waals surface area contributed by atoms with Crippen molar-refractivity contribution >= 4 is 22.1 Å². The Balaban J connectivity index is 2.73. The zero-order chi connectivity index (χ0) is 13.8. The van der Waals surface area contributed by atoms with Gasteiger partial charge in [-0.1, -0.05) is 17.7 Å². The predicted molar refractivity (Wildman–Crippen MR) is 61.3 cm³/mol. The molecule has 0 heterocycles. The Kier molecular flexibility index (Phi) is 4.43. The SMILES string of the molecule is Cc1ccc(S(=O)(=O)OC(=O)CCC(=O)O)cc1. The van der Waals surface area contributed by atoms with Crippen LogP contribution in [0.15, 0.2) is 29.2 Å². The van der Waals surface area contributed by atoms with Crippen LogP contribution in [0, 0.1) is 6.92 Å². The summed E-state index contributed by atoms with van der Waals surface area (Å²) in [4.78, 5) is 21.2. The van der Waals surface area contributed by atoms with E-state index in [4.69, 9.17) is 5.11 Å². The number of hydrogen-bond acceptors (Lipinski definition) is 5. The summed E-state index contributed by atoms with van der Waals surface area (Å²) < 4.78 is 27.5. The molecule has 1 rings (SSSR count). The standard InChI is InChI=1S/C11H12O6S/c1-8-2-4-9(5-3-8)18(15,16)17-11(14)7-6-10(12)13/h2-5H,6-7H2,1H3,(H,12,13). The monoisotopic (exact) mass is 272 g/mol. The molecule has 1 aromatic carbocycles. The van der Waals surface area contributed by atoms with E-state index in [1.807, 2.05) is 0 Å². The van der Waals surface area contributed by atoms with Gasteiger partial charge >= 0.3 is 22.1 Å². The van der Waals surface area contributed by atoms with Crippen LogP contribution >= 0.6 is 0 Å². The van der Waals surface area contributed by atoms with Crippen LogP contribution in [0.1, 0.15) is 18.4 Å². The number of hydrogen-bond donors (Lipinski definition) is 1. The van der Waals surface area contributed by atoms with Crippen molar-refractivity contribution in [3.63, 3.8) is 0 Å². The van der Waals surface area contributed by atoms with Crippen molar-refractivity contribution in [3.8, 4) is 0 Å². The molecule has 0 aliphatic carbocycles. The maximum Gasteiger partial charge on any atom is 0.341 e. The van der Waals surface area contributed by atoms with E-state index in [2.05, 4.69) is 4.18 Å². The van der Waals surface area contributed by atoms with Crippen molar-refractivity contribution in [1.82, 2.24) is 0 Å². The van der Waals surface area contributed by atoms with Gasteiger partial charge in [-0.3, -0.25) is 9.59 Å². The van der Waals surface area contributed by atoms with Crippen molar-refractivity contribution in [2.75, 3.05) is 0 Å². The van der Waals surface area contributed by atoms with Crippen molar-refractivity contribution in [2.45, 2.75) is 24.7 Å². The quantitative estimate of drug-likeness (QED) is 0.806. The molecule has 0 radical (unpaired) electrons. The molecule has 0 amide bonds. The van der Waals surface area contributed by atoms with Crippen LogP contribution in [0.2, 0.25) is 0 Å². The van der Waals surface area contributed by atoms with E-state index in [0.29, 0.717) is 0 Å². The molecule has 0 aliphatic rings. The van der Waals surface area contributed by atoms with Crippen LogP contribution < -0.4 is 0 Å². The number of carbonyl (C=O) groups is 2. The van der Waals surface area contributed by atoms with Gasteiger partial charge in [-0.25, -0.2) is 0 Å². The molecule has 6 nitrogen and oxygen atoms in total. The summed E-state index contributed by atoms with van der Waals surface area (Å²) >= 11 is 0. The summed E-state index contributed by atoms with van der Waals surface area (Å²) in [5.41, 5.74) is 0.867. The van der Waals surface area contributed by atoms with Crippen LogP contribution in [0.5, 0.6) is 0 Å². The molecule has 7 heteroatoms. The molecule has 0 saturated heterocycles. The smallest absolute Gasteiger partial charge is 0.341 e. The average molecular weight is 272 g/mol. The van der Waals surface area contributed by atoms with Crippen molar-refractivity contribution < 1.29 is 27.3 Å². The number of benzene rings is 1. The van der Waals surface area contributed by atoms with Crippen molar-refractivity contribution in [1.29, 1.82) is 0 Å². The minimum atomic E-state index is -4.17. The Morgan fingerprint density at radius 2 is 1.72 bits per heavy atom. The number of carboxylic acids is 1. The fourth-order valence-electron chi connectivity index (χ4n) is 1.13. The molecule has 0 fully saturated rings. The Hall–Kier alpha value is -1.89. The highest BCUT2D eigenvalue weighted by molar-refractivity contribution is 7.87. The lowest BCUT2D eigenvalue weighted by Crippen LogP contribution is -2.14. The first-order valence-corrected chi connectivity index (χ1v) is 6.48. The molecule has 0 aliphatic heterocycles. The Bertz CT molecular complexity index is 543. The predicted octanol–water partition coefficient (Wildman–Crippen LogP) is 1.09. The van der Waals surface area contributed by atoms with Gasteiger partial charge in [0.2, 0.25) is 0 Å². The minimum absolute atomic E-state index is 0.142. The van der Waals surface area contributed by atoms with E-state index >= 15 is 0 Å². The lowest BCUT2D eigenvalue weighted by atomic mass is 10.2. The van der Waals surface area contributed by atoms with Crippen molar-refractivity contribution in [3.05, 3.63) is 29.8 Å². The van der Waals surface area contributed by atoms with Gasteiger partial charge in [-0.2, -0.15) is 8.42 Å². The Morgan fingerprint density at radius 3 is 2.22 bits per heavy atom. The molecule has 0 unspecified atom stereocenters. The molecular weight excluding hydrogens is 260 g/mol. The molecule has 98 valence electrons. The Morgan fingerprint density at radius 1 is 1.17 bits per heavy atom. The van der Waals surface area contributed by atoms with Crippen molar-refractivity contribution in [2.24, 2.45) is 0 Å². The molecular formula is C11H12O6S. The Labute approximate surface area is 104 Å². The summed E-state index contributed by atoms with van der Waals surface area (Å²) in [6.07, 6.45) is -0.956. The third-order valence-corrected chi connectivity index (χ3v) is 3.31. The summed E-state index contributed by atoms with van der Waals surface area (Å²) in [5.74, 6) is -2.28. The largest absolute Gasteiger partial charge is 0.481 e. The second-order valence-electron chi connectivity index (χ2n) is 3.62. The highest BCUT2D eigenvalue weighted by Gasteiger charge is 2.20. The fraction of sp³-hybridized carbons (Fsp3) is 0.273. The number of carbonyl (C=O) groups excluding carboxylic acids is 1. The van der Waals surface area contributed by atoms with Gasteiger partial charge in [0.05, 0.1) is 12.8 Å². The van der Waals surface area contributed by atoms with Gasteiger partial charge in [0.25, 0.3) is 0 Å². The van der Waals surface area contributed by atoms with Crippen LogP contribution in [0.25, 0.3) is 0 Å². The zero-order valence-electron chi connectivity index (χ0n) is 9.62. The summed E-state index contributed by atoms with van der Waals surface area (Å²) in [6.45, 7) is 1.79. The van der Waals surface area contributed by atoms with E-state index < -0.39 is 34.9 Å². The summed E-state index contributed by atoms with van der Waals surface area (Å²) in [5, 5.41) is 8.35. The topological polar surface area (TPSA) is 97.7 Å². The number of aliphatic carboxylic acids is 1. The highest BCUT2D eigenvalue weighted by atomic mass is 32.2. The second-order valence-corrected chi connectivity index (χ2v) is 5.16. The lowest BCUT2D eigenvalue weighted by Gasteiger charge is -2.05. The number of aryl methyl sites for hydroxylation is 1. The molecule has 1 N–H and O–H groups in total. The summed E-state index contributed by atoms with van der Waals surface area (Å²) in [6, 6.07) is 5.76.